The maximum absolute atomic E-state index is 14.5. The number of aliphatic carboxylic acids is 1. The number of amides is 9. The highest BCUT2D eigenvalue weighted by molar-refractivity contribution is 5.99. The van der Waals surface area contributed by atoms with Crippen LogP contribution in [-0.4, -0.2) is 189 Å². The number of aromatic nitrogens is 2. The Balaban J connectivity index is 1.82. The average Bonchev–Trinajstić information content (AvgIpc) is 3.50. The van der Waals surface area contributed by atoms with Crippen LogP contribution in [0.15, 0.2) is 60.0 Å². The molecule has 9 amide bonds. The number of aromatic amines is 1. The summed E-state index contributed by atoms with van der Waals surface area (Å²) in [6.07, 6.45) is 1.41. The monoisotopic (exact) mass is 1180 g/mol. The summed E-state index contributed by atoms with van der Waals surface area (Å²) in [5, 5.41) is 52.8. The Kier molecular flexibility index (Phi) is 29.7. The number of imidazole rings is 1. The number of carbonyl (C=O) groups is 10. The molecule has 0 aliphatic carbocycles. The zero-order valence-electron chi connectivity index (χ0n) is 48.5. The number of nitrogens with two attached hydrogens (primary N) is 4. The van der Waals surface area contributed by atoms with Gasteiger partial charge in [0.25, 0.3) is 0 Å². The predicted octanol–water partition coefficient (Wildman–Crippen LogP) is -3.48. The Morgan fingerprint density at radius 2 is 1.29 bits per heavy atom. The molecule has 84 heavy (non-hydrogen) atoms. The topological polar surface area (TPSA) is 476 Å². The molecule has 2 aromatic carbocycles. The van der Waals surface area contributed by atoms with Crippen molar-refractivity contribution >= 4 is 75.9 Å². The first-order valence-electron chi connectivity index (χ1n) is 28.0. The maximum Gasteiger partial charge on any atom is 0.323 e. The number of nitrogens with zero attached hydrogens (tertiary/aromatic N) is 3. The minimum atomic E-state index is -1.85. The second-order valence-corrected chi connectivity index (χ2v) is 20.6. The van der Waals surface area contributed by atoms with E-state index in [0.29, 0.717) is 36.9 Å². The van der Waals surface area contributed by atoms with Gasteiger partial charge >= 0.3 is 5.97 Å². The number of hydrogen-bond acceptors (Lipinski definition) is 16. The number of fused-ring (bicyclic) bond motifs is 1. The van der Waals surface area contributed by atoms with Gasteiger partial charge in [0.1, 0.15) is 48.8 Å². The molecule has 29 heteroatoms. The number of aliphatic hydroxyl groups is 2. The van der Waals surface area contributed by atoms with E-state index in [9.17, 15) is 63.3 Å². The van der Waals surface area contributed by atoms with Gasteiger partial charge in [-0.1, -0.05) is 76.1 Å². The SMILES string of the molecule is CCCCN(CC(=O)O)C(=O)[C@@H](NC(=O)[C@H](CCCN)NC(=O)CNC(=O)[C@@H](NC(=O)[C@@H](NC(=O)[C@H](Cc1cnc[nH]1)NC(=O)[C@H](Cc1cccc2ccccc12)NC(=O)[C@H](C)NC(=O)[C@@H](N)CCCN=C(N)N)[C@@H](C)O)[C@@H](C)O)C(C)CC. The van der Waals surface area contributed by atoms with E-state index in [-0.39, 0.29) is 57.7 Å². The first-order chi connectivity index (χ1) is 39.8. The fraction of sp³-hybridized carbons (Fsp3) is 0.564. The molecule has 0 aliphatic heterocycles. The smallest absolute Gasteiger partial charge is 0.323 e. The third kappa shape index (κ3) is 23.2. The first kappa shape index (κ1) is 70.0. The molecule has 464 valence electrons. The second-order valence-electron chi connectivity index (χ2n) is 20.6. The fourth-order valence-corrected chi connectivity index (χ4v) is 8.66. The van der Waals surface area contributed by atoms with Crippen LogP contribution < -0.4 is 65.5 Å². The standard InChI is InChI=1S/C55H86N16O13/c1-7-9-23-71(28-43(75)76)54(84)44(30(3)8-2)68-49(79)39(20-13-21-56)65-42(74)27-62-52(82)45(32(5)72)70-53(83)46(33(6)73)69-51(81)41(25-36-26-60-29-63-36)67-50(80)40(24-35-17-12-16-34-15-10-11-18-37(34)35)66-47(77)31(4)64-48(78)38(57)19-14-22-61-55(58)59/h10-12,15-18,26,29-33,38-41,44-46,72-73H,7-9,13-14,19-25,27-28,56-57H2,1-6H3,(H,60,63)(H,62,82)(H,64,78)(H,65,74)(H,66,77)(H,67,80)(H,68,79)(H,69,81)(H,70,83)(H,75,76)(H4,58,59,61)/t30?,31-,32+,33+,38-,39-,40-,41-,44-,45-,46-/m0/s1. The molecule has 11 atom stereocenters. The van der Waals surface area contributed by atoms with Gasteiger partial charge in [-0.15, -0.1) is 0 Å². The van der Waals surface area contributed by atoms with Crippen LogP contribution in [0.3, 0.4) is 0 Å². The van der Waals surface area contributed by atoms with Crippen molar-refractivity contribution in [1.29, 1.82) is 0 Å². The number of H-pyrrole nitrogens is 1. The van der Waals surface area contributed by atoms with Gasteiger partial charge in [-0.3, -0.25) is 52.9 Å². The van der Waals surface area contributed by atoms with Gasteiger partial charge in [-0.25, -0.2) is 4.98 Å². The van der Waals surface area contributed by atoms with Crippen LogP contribution >= 0.6 is 0 Å². The van der Waals surface area contributed by atoms with Gasteiger partial charge in [0.05, 0.1) is 31.1 Å². The van der Waals surface area contributed by atoms with Crippen molar-refractivity contribution in [2.75, 3.05) is 32.7 Å². The largest absolute Gasteiger partial charge is 0.480 e. The van der Waals surface area contributed by atoms with Crippen molar-refractivity contribution in [2.24, 2.45) is 33.8 Å². The lowest BCUT2D eigenvalue weighted by Crippen LogP contribution is -2.63. The first-order valence-corrected chi connectivity index (χ1v) is 28.0. The molecule has 20 N–H and O–H groups in total. The molecule has 1 aromatic heterocycles. The van der Waals surface area contributed by atoms with E-state index in [2.05, 4.69) is 57.5 Å². The second kappa shape index (κ2) is 35.7. The molecule has 0 spiro atoms. The van der Waals surface area contributed by atoms with Crippen LogP contribution in [0.2, 0.25) is 0 Å². The van der Waals surface area contributed by atoms with Gasteiger partial charge in [-0.05, 0) is 81.7 Å². The molecule has 0 saturated carbocycles. The quantitative estimate of drug-likeness (QED) is 0.0151. The van der Waals surface area contributed by atoms with E-state index < -0.39 is 139 Å². The zero-order chi connectivity index (χ0) is 62.6. The molecule has 29 nitrogen and oxygen atoms in total. The van der Waals surface area contributed by atoms with E-state index >= 15 is 0 Å². The van der Waals surface area contributed by atoms with Crippen LogP contribution in [-0.2, 0) is 60.8 Å². The van der Waals surface area contributed by atoms with Crippen molar-refractivity contribution in [2.45, 2.75) is 160 Å². The molecule has 3 rings (SSSR count). The Morgan fingerprint density at radius 1 is 0.679 bits per heavy atom. The van der Waals surface area contributed by atoms with E-state index in [4.69, 9.17) is 22.9 Å². The number of carboxylic acids is 1. The summed E-state index contributed by atoms with van der Waals surface area (Å²) in [6.45, 7) is 8.17. The van der Waals surface area contributed by atoms with Crippen molar-refractivity contribution < 1.29 is 63.3 Å². The maximum atomic E-state index is 14.5. The molecule has 0 saturated heterocycles. The summed E-state index contributed by atoms with van der Waals surface area (Å²) in [7, 11) is 0. The number of nitrogens with one attached hydrogen (secondary N) is 9. The summed E-state index contributed by atoms with van der Waals surface area (Å²) < 4.78 is 0. The number of aliphatic hydroxyl groups excluding tert-OH is 2. The molecule has 1 unspecified atom stereocenters. The number of benzene rings is 2. The van der Waals surface area contributed by atoms with Gasteiger partial charge in [0, 0.05) is 37.8 Å². The minimum Gasteiger partial charge on any atom is -0.480 e. The fourth-order valence-electron chi connectivity index (χ4n) is 8.66. The normalized spacial score (nSPS) is 15.1. The molecule has 0 bridgehead atoms. The molecule has 0 radical (unpaired) electrons. The van der Waals surface area contributed by atoms with Crippen molar-refractivity contribution in [3.8, 4) is 0 Å². The molecule has 0 aliphatic rings. The lowest BCUT2D eigenvalue weighted by Gasteiger charge is -2.31. The molecule has 1 heterocycles. The molecular formula is C55H86N16O13. The number of rotatable bonds is 37. The number of aliphatic imine (C=N–C) groups is 1. The van der Waals surface area contributed by atoms with Gasteiger partial charge in [0.15, 0.2) is 5.96 Å². The highest BCUT2D eigenvalue weighted by Gasteiger charge is 2.37. The summed E-state index contributed by atoms with van der Waals surface area (Å²) in [5.74, 6) is -9.70. The third-order valence-corrected chi connectivity index (χ3v) is 13.7. The summed E-state index contributed by atoms with van der Waals surface area (Å²) in [5.41, 5.74) is 23.5. The van der Waals surface area contributed by atoms with Gasteiger partial charge < -0.3 is 90.7 Å². The third-order valence-electron chi connectivity index (χ3n) is 13.7. The number of carbonyl (C=O) groups excluding carboxylic acids is 9. The van der Waals surface area contributed by atoms with E-state index in [1.807, 2.05) is 31.2 Å². The highest BCUT2D eigenvalue weighted by atomic mass is 16.4. The van der Waals surface area contributed by atoms with Gasteiger partial charge in [-0.2, -0.15) is 0 Å². The Bertz CT molecular complexity index is 2700. The van der Waals surface area contributed by atoms with Crippen LogP contribution in [0.1, 0.15) is 97.7 Å². The van der Waals surface area contributed by atoms with E-state index in [1.165, 1.54) is 19.4 Å². The minimum absolute atomic E-state index is 0.00737. The number of carboxylic acid groups (broad SMARTS) is 1. The highest BCUT2D eigenvalue weighted by Crippen LogP contribution is 2.21. The van der Waals surface area contributed by atoms with Crippen LogP contribution in [0.4, 0.5) is 0 Å². The van der Waals surface area contributed by atoms with Crippen molar-refractivity contribution in [3.05, 3.63) is 66.2 Å². The Hall–Kier alpha value is -8.28. The number of guanidine groups is 1. The van der Waals surface area contributed by atoms with E-state index in [0.717, 1.165) is 29.5 Å². The van der Waals surface area contributed by atoms with Crippen molar-refractivity contribution in [3.63, 3.8) is 0 Å². The number of unbranched alkanes of at least 4 members (excludes halogenated alkanes) is 1. The summed E-state index contributed by atoms with van der Waals surface area (Å²) in [4.78, 5) is 148. The summed E-state index contributed by atoms with van der Waals surface area (Å²) >= 11 is 0. The Morgan fingerprint density at radius 3 is 1.90 bits per heavy atom. The lowest BCUT2D eigenvalue weighted by molar-refractivity contribution is -0.146. The molecule has 3 aromatic rings. The predicted molar refractivity (Wildman–Crippen MR) is 310 cm³/mol. The molecular weight excluding hydrogens is 1090 g/mol. The van der Waals surface area contributed by atoms with Gasteiger partial charge in [0.2, 0.25) is 53.2 Å². The van der Waals surface area contributed by atoms with Crippen LogP contribution in [0, 0.1) is 5.92 Å². The molecule has 0 fully saturated rings. The Labute approximate surface area is 487 Å². The van der Waals surface area contributed by atoms with Crippen LogP contribution in [0.5, 0.6) is 0 Å². The lowest BCUT2D eigenvalue weighted by atomic mass is 9.96. The summed E-state index contributed by atoms with van der Waals surface area (Å²) in [6, 6.07) is 1.44. The number of hydrogen-bond donors (Lipinski definition) is 16. The van der Waals surface area contributed by atoms with Crippen molar-refractivity contribution in [1.82, 2.24) is 57.4 Å². The van der Waals surface area contributed by atoms with E-state index in [1.54, 1.807) is 32.0 Å². The average molecular weight is 1180 g/mol. The zero-order valence-corrected chi connectivity index (χ0v) is 48.5. The van der Waals surface area contributed by atoms with Crippen LogP contribution in [0.25, 0.3) is 10.8 Å².